The van der Waals surface area contributed by atoms with E-state index in [4.69, 9.17) is 9.40 Å². The Morgan fingerprint density at radius 3 is 3.09 bits per heavy atom. The monoisotopic (exact) mass is 329 g/mol. The first-order chi connectivity index (χ1) is 11.2. The molecular formula is C17H19N3O2S. The minimum Gasteiger partial charge on any atom is -0.469 e. The third-order valence-electron chi connectivity index (χ3n) is 4.43. The molecule has 4 rings (SSSR count). The molecule has 6 heteroatoms. The third kappa shape index (κ3) is 2.57. The van der Waals surface area contributed by atoms with Gasteiger partial charge in [0, 0.05) is 24.9 Å². The number of thiophene rings is 1. The van der Waals surface area contributed by atoms with E-state index in [0.29, 0.717) is 12.5 Å². The van der Waals surface area contributed by atoms with Crippen molar-refractivity contribution in [3.8, 4) is 0 Å². The first-order valence-electron chi connectivity index (χ1n) is 8.01. The SMILES string of the molecule is Cn1c(NCCc2ccco2)nc2sc3c(c2c1=O)CCCC3. The lowest BCUT2D eigenvalue weighted by atomic mass is 9.97. The van der Waals surface area contributed by atoms with Gasteiger partial charge in [-0.25, -0.2) is 4.98 Å². The number of aromatic nitrogens is 2. The lowest BCUT2D eigenvalue weighted by molar-refractivity contribution is 0.512. The average molecular weight is 329 g/mol. The third-order valence-corrected chi connectivity index (χ3v) is 5.62. The molecule has 0 bridgehead atoms. The van der Waals surface area contributed by atoms with E-state index < -0.39 is 0 Å². The molecular weight excluding hydrogens is 310 g/mol. The summed E-state index contributed by atoms with van der Waals surface area (Å²) < 4.78 is 6.95. The number of rotatable bonds is 4. The maximum Gasteiger partial charge on any atom is 0.263 e. The van der Waals surface area contributed by atoms with E-state index in [1.165, 1.54) is 23.3 Å². The Hall–Kier alpha value is -2.08. The predicted octanol–water partition coefficient (Wildman–Crippen LogP) is 3.12. The quantitative estimate of drug-likeness (QED) is 0.799. The summed E-state index contributed by atoms with van der Waals surface area (Å²) in [6.07, 6.45) is 6.92. The molecule has 5 nitrogen and oxygen atoms in total. The Bertz CT molecular complexity index is 893. The van der Waals surface area contributed by atoms with Crippen LogP contribution in [-0.4, -0.2) is 16.1 Å². The maximum absolute atomic E-state index is 12.7. The van der Waals surface area contributed by atoms with E-state index in [1.54, 1.807) is 29.2 Å². The summed E-state index contributed by atoms with van der Waals surface area (Å²) in [6.45, 7) is 0.685. The van der Waals surface area contributed by atoms with Crippen LogP contribution in [-0.2, 0) is 26.3 Å². The maximum atomic E-state index is 12.7. The van der Waals surface area contributed by atoms with Crippen LogP contribution >= 0.6 is 11.3 Å². The van der Waals surface area contributed by atoms with Crippen LogP contribution in [0.4, 0.5) is 5.95 Å². The molecule has 3 aromatic rings. The number of aryl methyl sites for hydroxylation is 2. The number of hydrogen-bond donors (Lipinski definition) is 1. The van der Waals surface area contributed by atoms with Crippen LogP contribution < -0.4 is 10.9 Å². The number of anilines is 1. The first-order valence-corrected chi connectivity index (χ1v) is 8.83. The molecule has 1 N–H and O–H groups in total. The first kappa shape index (κ1) is 14.5. The van der Waals surface area contributed by atoms with Crippen LogP contribution in [0.1, 0.15) is 29.0 Å². The van der Waals surface area contributed by atoms with Gasteiger partial charge in [0.1, 0.15) is 10.6 Å². The van der Waals surface area contributed by atoms with E-state index in [9.17, 15) is 4.79 Å². The summed E-state index contributed by atoms with van der Waals surface area (Å²) in [5.74, 6) is 1.56. The van der Waals surface area contributed by atoms with Gasteiger partial charge >= 0.3 is 0 Å². The van der Waals surface area contributed by atoms with E-state index >= 15 is 0 Å². The Balaban J connectivity index is 1.65. The average Bonchev–Trinajstić information content (AvgIpc) is 3.19. The van der Waals surface area contributed by atoms with Crippen LogP contribution in [0, 0.1) is 0 Å². The fourth-order valence-electron chi connectivity index (χ4n) is 3.20. The summed E-state index contributed by atoms with van der Waals surface area (Å²) in [5, 5.41) is 4.10. The Kier molecular flexibility index (Phi) is 3.69. The highest BCUT2D eigenvalue weighted by atomic mass is 32.1. The Morgan fingerprint density at radius 2 is 2.26 bits per heavy atom. The largest absolute Gasteiger partial charge is 0.469 e. The molecule has 3 aromatic heterocycles. The van der Waals surface area contributed by atoms with Crippen molar-refractivity contribution < 1.29 is 4.42 Å². The summed E-state index contributed by atoms with van der Waals surface area (Å²) >= 11 is 1.69. The molecule has 23 heavy (non-hydrogen) atoms. The van der Waals surface area contributed by atoms with Crippen molar-refractivity contribution in [2.45, 2.75) is 32.1 Å². The van der Waals surface area contributed by atoms with Gasteiger partial charge in [0.2, 0.25) is 5.95 Å². The molecule has 0 amide bonds. The standard InChI is InChI=1S/C17H19N3O2S/c1-20-16(21)14-12-6-2-3-7-13(12)23-15(14)19-17(20)18-9-8-11-5-4-10-22-11/h4-5,10H,2-3,6-9H2,1H3,(H,18,19). The van der Waals surface area contributed by atoms with E-state index in [-0.39, 0.29) is 5.56 Å². The highest BCUT2D eigenvalue weighted by Gasteiger charge is 2.21. The van der Waals surface area contributed by atoms with Gasteiger partial charge in [0.15, 0.2) is 0 Å². The molecule has 0 unspecified atom stereocenters. The molecule has 1 aliphatic rings. The number of furan rings is 1. The second-order valence-electron chi connectivity index (χ2n) is 5.95. The fourth-order valence-corrected chi connectivity index (χ4v) is 4.45. The topological polar surface area (TPSA) is 60.1 Å². The molecule has 1 aliphatic carbocycles. The normalized spacial score (nSPS) is 14.1. The number of hydrogen-bond acceptors (Lipinski definition) is 5. The summed E-state index contributed by atoms with van der Waals surface area (Å²) in [7, 11) is 1.79. The van der Waals surface area contributed by atoms with E-state index in [2.05, 4.69) is 5.32 Å². The summed E-state index contributed by atoms with van der Waals surface area (Å²) in [4.78, 5) is 19.7. The van der Waals surface area contributed by atoms with Gasteiger partial charge in [0.25, 0.3) is 5.56 Å². The molecule has 120 valence electrons. The minimum atomic E-state index is 0.0647. The van der Waals surface area contributed by atoms with Crippen LogP contribution in [0.2, 0.25) is 0 Å². The molecule has 0 saturated carbocycles. The van der Waals surface area contributed by atoms with Gasteiger partial charge in [-0.3, -0.25) is 9.36 Å². The van der Waals surface area contributed by atoms with Gasteiger partial charge in [0.05, 0.1) is 11.6 Å². The molecule has 0 saturated heterocycles. The van der Waals surface area contributed by atoms with E-state index in [0.717, 1.165) is 35.2 Å². The van der Waals surface area contributed by atoms with Crippen LogP contribution in [0.15, 0.2) is 27.6 Å². The van der Waals surface area contributed by atoms with Crippen molar-refractivity contribution in [1.82, 2.24) is 9.55 Å². The van der Waals surface area contributed by atoms with Crippen molar-refractivity contribution in [2.75, 3.05) is 11.9 Å². The molecule has 0 radical (unpaired) electrons. The zero-order valence-electron chi connectivity index (χ0n) is 13.1. The molecule has 0 spiro atoms. The molecule has 0 aliphatic heterocycles. The van der Waals surface area contributed by atoms with Crippen molar-refractivity contribution in [1.29, 1.82) is 0 Å². The molecule has 3 heterocycles. The Labute approximate surface area is 138 Å². The van der Waals surface area contributed by atoms with Gasteiger partial charge in [-0.2, -0.15) is 0 Å². The van der Waals surface area contributed by atoms with Crippen molar-refractivity contribution in [3.63, 3.8) is 0 Å². The lowest BCUT2D eigenvalue weighted by Crippen LogP contribution is -2.23. The lowest BCUT2D eigenvalue weighted by Gasteiger charge is -2.11. The molecule has 0 fully saturated rings. The Morgan fingerprint density at radius 1 is 1.39 bits per heavy atom. The smallest absolute Gasteiger partial charge is 0.263 e. The van der Waals surface area contributed by atoms with Crippen molar-refractivity contribution in [2.24, 2.45) is 7.05 Å². The summed E-state index contributed by atoms with van der Waals surface area (Å²) in [5.41, 5.74) is 1.31. The number of nitrogens with one attached hydrogen (secondary N) is 1. The second kappa shape index (κ2) is 5.85. The second-order valence-corrected chi connectivity index (χ2v) is 7.03. The zero-order valence-corrected chi connectivity index (χ0v) is 13.9. The molecule has 0 atom stereocenters. The predicted molar refractivity (Wildman–Crippen MR) is 92.4 cm³/mol. The minimum absolute atomic E-state index is 0.0647. The fraction of sp³-hybridized carbons (Fsp3) is 0.412. The molecule has 0 aromatic carbocycles. The highest BCUT2D eigenvalue weighted by molar-refractivity contribution is 7.18. The van der Waals surface area contributed by atoms with Crippen LogP contribution in [0.25, 0.3) is 10.2 Å². The van der Waals surface area contributed by atoms with Crippen molar-refractivity contribution in [3.05, 3.63) is 45.0 Å². The van der Waals surface area contributed by atoms with Crippen LogP contribution in [0.3, 0.4) is 0 Å². The van der Waals surface area contributed by atoms with Gasteiger partial charge in [-0.05, 0) is 43.4 Å². The highest BCUT2D eigenvalue weighted by Crippen LogP contribution is 2.34. The van der Waals surface area contributed by atoms with Gasteiger partial charge in [-0.1, -0.05) is 0 Å². The van der Waals surface area contributed by atoms with E-state index in [1.807, 2.05) is 12.1 Å². The van der Waals surface area contributed by atoms with Crippen LogP contribution in [0.5, 0.6) is 0 Å². The zero-order chi connectivity index (χ0) is 15.8. The van der Waals surface area contributed by atoms with Gasteiger partial charge < -0.3 is 9.73 Å². The summed E-state index contributed by atoms with van der Waals surface area (Å²) in [6, 6.07) is 3.83. The number of fused-ring (bicyclic) bond motifs is 3. The van der Waals surface area contributed by atoms with Gasteiger partial charge in [-0.15, -0.1) is 11.3 Å². The van der Waals surface area contributed by atoms with Crippen molar-refractivity contribution >= 4 is 27.5 Å². The number of nitrogens with zero attached hydrogens (tertiary/aromatic N) is 2.